The third-order valence-electron chi connectivity index (χ3n) is 2.07. The van der Waals surface area contributed by atoms with Crippen molar-refractivity contribution >= 4 is 17.3 Å². The van der Waals surface area contributed by atoms with Gasteiger partial charge in [-0.3, -0.25) is 0 Å². The van der Waals surface area contributed by atoms with Gasteiger partial charge in [-0.25, -0.2) is 4.68 Å². The summed E-state index contributed by atoms with van der Waals surface area (Å²) in [5.41, 5.74) is 8.28. The van der Waals surface area contributed by atoms with E-state index in [2.05, 4.69) is 5.10 Å². The summed E-state index contributed by atoms with van der Waals surface area (Å²) in [7, 11) is 0. The lowest BCUT2D eigenvalue weighted by Crippen LogP contribution is -1.99. The van der Waals surface area contributed by atoms with Gasteiger partial charge in [0, 0.05) is 12.4 Å². The van der Waals surface area contributed by atoms with E-state index >= 15 is 0 Å². The highest BCUT2D eigenvalue weighted by Gasteiger charge is 2.04. The van der Waals surface area contributed by atoms with Crippen molar-refractivity contribution in [3.63, 3.8) is 0 Å². The molecule has 0 aliphatic carbocycles. The van der Waals surface area contributed by atoms with E-state index < -0.39 is 0 Å². The Morgan fingerprint density at radius 2 is 2.21 bits per heavy atom. The van der Waals surface area contributed by atoms with Gasteiger partial charge < -0.3 is 5.73 Å². The molecule has 1 aromatic heterocycles. The first-order valence-electron chi connectivity index (χ1n) is 4.24. The Balaban J connectivity index is 2.60. The van der Waals surface area contributed by atoms with E-state index in [9.17, 15) is 0 Å². The van der Waals surface area contributed by atoms with E-state index in [4.69, 9.17) is 17.3 Å². The zero-order valence-electron chi connectivity index (χ0n) is 7.74. The molecule has 0 radical (unpaired) electrons. The number of aryl methyl sites for hydroxylation is 1. The number of hydrogen-bond donors (Lipinski definition) is 1. The highest BCUT2D eigenvalue weighted by molar-refractivity contribution is 6.33. The van der Waals surface area contributed by atoms with Gasteiger partial charge in [-0.2, -0.15) is 5.10 Å². The normalized spacial score (nSPS) is 10.4. The van der Waals surface area contributed by atoms with Crippen LogP contribution >= 0.6 is 11.6 Å². The molecular formula is C10H10ClN3. The molecule has 0 saturated heterocycles. The van der Waals surface area contributed by atoms with Crippen molar-refractivity contribution in [2.75, 3.05) is 5.73 Å². The van der Waals surface area contributed by atoms with Crippen molar-refractivity contribution in [2.45, 2.75) is 6.92 Å². The number of nitrogen functional groups attached to an aromatic ring is 1. The number of nitrogens with zero attached hydrogens (tertiary/aromatic N) is 2. The second kappa shape index (κ2) is 3.35. The van der Waals surface area contributed by atoms with Gasteiger partial charge in [0.15, 0.2) is 0 Å². The zero-order chi connectivity index (χ0) is 10.1. The molecule has 14 heavy (non-hydrogen) atoms. The molecule has 2 aromatic rings. The second-order valence-corrected chi connectivity index (χ2v) is 3.52. The summed E-state index contributed by atoms with van der Waals surface area (Å²) in [5.74, 6) is 0. The summed E-state index contributed by atoms with van der Waals surface area (Å²) in [6, 6.07) is 5.53. The lowest BCUT2D eigenvalue weighted by molar-refractivity contribution is 0.873. The first-order valence-corrected chi connectivity index (χ1v) is 4.62. The summed E-state index contributed by atoms with van der Waals surface area (Å²) >= 11 is 5.94. The fourth-order valence-electron chi connectivity index (χ4n) is 1.35. The second-order valence-electron chi connectivity index (χ2n) is 3.11. The van der Waals surface area contributed by atoms with Gasteiger partial charge in [-0.15, -0.1) is 0 Å². The van der Waals surface area contributed by atoms with E-state index in [1.54, 1.807) is 10.9 Å². The average molecular weight is 208 g/mol. The Kier molecular flexibility index (Phi) is 2.17. The van der Waals surface area contributed by atoms with Crippen LogP contribution in [0, 0.1) is 6.92 Å². The van der Waals surface area contributed by atoms with Crippen molar-refractivity contribution in [1.82, 2.24) is 9.78 Å². The largest absolute Gasteiger partial charge is 0.398 e. The maximum atomic E-state index is 5.94. The third kappa shape index (κ3) is 1.46. The summed E-state index contributed by atoms with van der Waals surface area (Å²) in [5, 5.41) is 4.69. The number of halogens is 1. The maximum absolute atomic E-state index is 5.94. The fraction of sp³-hybridized carbons (Fsp3) is 0.100. The third-order valence-corrected chi connectivity index (χ3v) is 2.39. The summed E-state index contributed by atoms with van der Waals surface area (Å²) in [4.78, 5) is 0. The minimum Gasteiger partial charge on any atom is -0.398 e. The van der Waals surface area contributed by atoms with E-state index in [-0.39, 0.29) is 0 Å². The number of aromatic nitrogens is 2. The van der Waals surface area contributed by atoms with Crippen molar-refractivity contribution in [3.8, 4) is 5.69 Å². The smallest absolute Gasteiger partial charge is 0.0691 e. The van der Waals surface area contributed by atoms with Crippen LogP contribution < -0.4 is 5.73 Å². The molecule has 0 unspecified atom stereocenters. The van der Waals surface area contributed by atoms with Crippen LogP contribution in [-0.4, -0.2) is 9.78 Å². The summed E-state index contributed by atoms with van der Waals surface area (Å²) in [6.45, 7) is 1.98. The lowest BCUT2D eigenvalue weighted by atomic mass is 10.2. The Bertz CT molecular complexity index is 449. The predicted molar refractivity (Wildman–Crippen MR) is 57.7 cm³/mol. The maximum Gasteiger partial charge on any atom is 0.0691 e. The number of nitrogens with two attached hydrogens (primary N) is 1. The Labute approximate surface area is 87.1 Å². The summed E-state index contributed by atoms with van der Waals surface area (Å²) in [6.07, 6.45) is 3.60. The van der Waals surface area contributed by atoms with Gasteiger partial charge in [-0.05, 0) is 30.7 Å². The number of hydrogen-bond acceptors (Lipinski definition) is 2. The Morgan fingerprint density at radius 3 is 2.86 bits per heavy atom. The quantitative estimate of drug-likeness (QED) is 0.730. The Morgan fingerprint density at radius 1 is 1.43 bits per heavy atom. The van der Waals surface area contributed by atoms with Crippen molar-refractivity contribution in [3.05, 3.63) is 41.2 Å². The molecule has 1 heterocycles. The van der Waals surface area contributed by atoms with Crippen LogP contribution in [0.5, 0.6) is 0 Å². The molecule has 0 bridgehead atoms. The van der Waals surface area contributed by atoms with Crippen LogP contribution in [0.25, 0.3) is 5.69 Å². The molecule has 72 valence electrons. The molecule has 0 spiro atoms. The van der Waals surface area contributed by atoms with Gasteiger partial charge in [0.2, 0.25) is 0 Å². The first-order chi connectivity index (χ1) is 6.68. The Hall–Kier alpha value is -1.48. The van der Waals surface area contributed by atoms with Crippen LogP contribution in [0.3, 0.4) is 0 Å². The molecule has 0 amide bonds. The highest BCUT2D eigenvalue weighted by Crippen LogP contribution is 2.25. The number of benzene rings is 1. The molecule has 3 nitrogen and oxygen atoms in total. The molecular weight excluding hydrogens is 198 g/mol. The highest BCUT2D eigenvalue weighted by atomic mass is 35.5. The summed E-state index contributed by atoms with van der Waals surface area (Å²) < 4.78 is 1.76. The van der Waals surface area contributed by atoms with E-state index in [1.807, 2.05) is 31.3 Å². The van der Waals surface area contributed by atoms with Crippen LogP contribution in [0.2, 0.25) is 5.02 Å². The van der Waals surface area contributed by atoms with Gasteiger partial charge in [0.25, 0.3) is 0 Å². The first kappa shape index (κ1) is 9.09. The fourth-order valence-corrected chi connectivity index (χ4v) is 1.51. The monoisotopic (exact) mass is 207 g/mol. The van der Waals surface area contributed by atoms with Gasteiger partial charge in [-0.1, -0.05) is 11.6 Å². The molecule has 0 saturated carbocycles. The molecule has 2 N–H and O–H groups in total. The predicted octanol–water partition coefficient (Wildman–Crippen LogP) is 2.42. The van der Waals surface area contributed by atoms with Crippen LogP contribution in [0.1, 0.15) is 5.56 Å². The molecule has 0 aliphatic rings. The lowest BCUT2D eigenvalue weighted by Gasteiger charge is -2.08. The minimum atomic E-state index is 0.557. The van der Waals surface area contributed by atoms with Gasteiger partial charge >= 0.3 is 0 Å². The van der Waals surface area contributed by atoms with Crippen LogP contribution in [0.4, 0.5) is 5.69 Å². The van der Waals surface area contributed by atoms with E-state index in [1.165, 1.54) is 0 Å². The van der Waals surface area contributed by atoms with Crippen LogP contribution in [0.15, 0.2) is 30.6 Å². The zero-order valence-corrected chi connectivity index (χ0v) is 8.49. The van der Waals surface area contributed by atoms with Gasteiger partial charge in [0.1, 0.15) is 0 Å². The molecule has 4 heteroatoms. The standard InChI is InChI=1S/C10H10ClN3/c1-7-5-9(12)8(11)6-10(7)14-4-2-3-13-14/h2-6H,12H2,1H3. The van der Waals surface area contributed by atoms with Crippen molar-refractivity contribution < 1.29 is 0 Å². The number of anilines is 1. The van der Waals surface area contributed by atoms with Gasteiger partial charge in [0.05, 0.1) is 16.4 Å². The van der Waals surface area contributed by atoms with Crippen molar-refractivity contribution in [2.24, 2.45) is 0 Å². The molecule has 0 atom stereocenters. The topological polar surface area (TPSA) is 43.8 Å². The number of rotatable bonds is 1. The molecule has 2 rings (SSSR count). The van der Waals surface area contributed by atoms with Crippen molar-refractivity contribution in [1.29, 1.82) is 0 Å². The SMILES string of the molecule is Cc1cc(N)c(Cl)cc1-n1cccn1. The molecule has 0 aliphatic heterocycles. The molecule has 1 aromatic carbocycles. The van der Waals surface area contributed by atoms with E-state index in [0.29, 0.717) is 10.7 Å². The van der Waals surface area contributed by atoms with Crippen LogP contribution in [-0.2, 0) is 0 Å². The minimum absolute atomic E-state index is 0.557. The van der Waals surface area contributed by atoms with E-state index in [0.717, 1.165) is 11.3 Å². The molecule has 0 fully saturated rings. The average Bonchev–Trinajstić information content (AvgIpc) is 2.64.